The van der Waals surface area contributed by atoms with E-state index in [1.165, 1.54) is 0 Å². The van der Waals surface area contributed by atoms with Crippen molar-refractivity contribution in [2.24, 2.45) is 0 Å². The summed E-state index contributed by atoms with van der Waals surface area (Å²) in [6.07, 6.45) is 0.176. The van der Waals surface area contributed by atoms with Crippen molar-refractivity contribution in [3.05, 3.63) is 59.7 Å². The number of benzene rings is 2. The zero-order chi connectivity index (χ0) is 14.5. The molecule has 2 aromatic rings. The Morgan fingerprint density at radius 1 is 1.10 bits per heavy atom. The lowest BCUT2D eigenvalue weighted by atomic mass is 10.1. The van der Waals surface area contributed by atoms with Gasteiger partial charge in [0.25, 0.3) is 0 Å². The molecule has 0 saturated carbocycles. The number of aromatic hydroxyl groups is 1. The average molecular weight is 270 g/mol. The molecule has 0 saturated heterocycles. The van der Waals surface area contributed by atoms with Crippen LogP contribution in [0.5, 0.6) is 5.75 Å². The number of nitrogens with zero attached hydrogens (tertiary/aromatic N) is 1. The fourth-order valence-electron chi connectivity index (χ4n) is 1.98. The Morgan fingerprint density at radius 2 is 1.70 bits per heavy atom. The Morgan fingerprint density at radius 3 is 2.35 bits per heavy atom. The molecule has 0 aliphatic carbocycles. The van der Waals surface area contributed by atoms with E-state index in [0.717, 1.165) is 5.56 Å². The van der Waals surface area contributed by atoms with Crippen molar-refractivity contribution in [2.45, 2.75) is 13.0 Å². The summed E-state index contributed by atoms with van der Waals surface area (Å²) in [7, 11) is 1.73. The number of likely N-dealkylation sites (N-methyl/N-ethyl adjacent to an activating group) is 1. The van der Waals surface area contributed by atoms with Crippen molar-refractivity contribution in [2.75, 3.05) is 12.8 Å². The number of carbonyl (C=O) groups excluding carboxylic acids is 1. The van der Waals surface area contributed by atoms with E-state index in [1.807, 2.05) is 24.3 Å². The molecule has 4 nitrogen and oxygen atoms in total. The van der Waals surface area contributed by atoms with Crippen LogP contribution in [0, 0.1) is 0 Å². The Kier molecular flexibility index (Phi) is 4.25. The van der Waals surface area contributed by atoms with Crippen LogP contribution in [0.15, 0.2) is 48.5 Å². The first kappa shape index (κ1) is 13.9. The number of carbonyl (C=O) groups is 1. The average Bonchev–Trinajstić information content (AvgIpc) is 2.43. The summed E-state index contributed by atoms with van der Waals surface area (Å²) in [5.74, 6) is 0.0863. The normalized spacial score (nSPS) is 10.2. The molecule has 0 bridgehead atoms. The van der Waals surface area contributed by atoms with E-state index >= 15 is 0 Å². The van der Waals surface area contributed by atoms with Gasteiger partial charge in [-0.05, 0) is 17.7 Å². The molecule has 2 rings (SSSR count). The van der Waals surface area contributed by atoms with Gasteiger partial charge in [-0.3, -0.25) is 4.79 Å². The van der Waals surface area contributed by atoms with Crippen molar-refractivity contribution in [3.8, 4) is 5.75 Å². The molecule has 4 heteroatoms. The molecule has 1 amide bonds. The molecule has 0 aliphatic heterocycles. The fourth-order valence-corrected chi connectivity index (χ4v) is 1.98. The van der Waals surface area contributed by atoms with Gasteiger partial charge in [0, 0.05) is 24.8 Å². The maximum absolute atomic E-state index is 12.2. The highest BCUT2D eigenvalue weighted by molar-refractivity contribution is 5.79. The Labute approximate surface area is 118 Å². The van der Waals surface area contributed by atoms with E-state index in [1.54, 1.807) is 36.2 Å². The lowest BCUT2D eigenvalue weighted by Crippen LogP contribution is -2.28. The third-order valence-electron chi connectivity index (χ3n) is 3.22. The largest absolute Gasteiger partial charge is 0.508 e. The standard InChI is InChI=1S/C16H18N2O2/c1-18(11-13-7-2-4-8-14(13)17)16(20)10-12-6-3-5-9-15(12)19/h2-9,19H,10-11,17H2,1H3. The van der Waals surface area contributed by atoms with Gasteiger partial charge in [0.05, 0.1) is 6.42 Å². The predicted octanol–water partition coefficient (Wildman–Crippen LogP) is 2.18. The van der Waals surface area contributed by atoms with Gasteiger partial charge >= 0.3 is 0 Å². The fraction of sp³-hybridized carbons (Fsp3) is 0.188. The molecule has 0 spiro atoms. The van der Waals surface area contributed by atoms with Crippen LogP contribution in [-0.2, 0) is 17.8 Å². The number of anilines is 1. The van der Waals surface area contributed by atoms with Crippen LogP contribution in [0.1, 0.15) is 11.1 Å². The summed E-state index contributed by atoms with van der Waals surface area (Å²) in [6.45, 7) is 0.457. The molecule has 20 heavy (non-hydrogen) atoms. The van der Waals surface area contributed by atoms with E-state index in [9.17, 15) is 9.90 Å². The first-order valence-corrected chi connectivity index (χ1v) is 6.42. The van der Waals surface area contributed by atoms with Gasteiger partial charge < -0.3 is 15.7 Å². The van der Waals surface area contributed by atoms with Crippen molar-refractivity contribution in [3.63, 3.8) is 0 Å². The molecule has 0 unspecified atom stereocenters. The number of amides is 1. The molecule has 0 aliphatic rings. The number of hydrogen-bond donors (Lipinski definition) is 2. The minimum Gasteiger partial charge on any atom is -0.508 e. The first-order chi connectivity index (χ1) is 9.58. The summed E-state index contributed by atoms with van der Waals surface area (Å²) >= 11 is 0. The highest BCUT2D eigenvalue weighted by Gasteiger charge is 2.13. The van der Waals surface area contributed by atoms with E-state index in [0.29, 0.717) is 17.8 Å². The molecular formula is C16H18N2O2. The van der Waals surface area contributed by atoms with E-state index in [4.69, 9.17) is 5.73 Å². The zero-order valence-corrected chi connectivity index (χ0v) is 11.4. The summed E-state index contributed by atoms with van der Waals surface area (Å²) in [5, 5.41) is 9.68. The van der Waals surface area contributed by atoms with E-state index < -0.39 is 0 Å². The summed E-state index contributed by atoms with van der Waals surface area (Å²) in [5.41, 5.74) is 8.09. The Hall–Kier alpha value is -2.49. The molecule has 0 atom stereocenters. The molecule has 3 N–H and O–H groups in total. The monoisotopic (exact) mass is 270 g/mol. The number of phenolic OH excluding ortho intramolecular Hbond substituents is 1. The Balaban J connectivity index is 2.03. The SMILES string of the molecule is CN(Cc1ccccc1N)C(=O)Cc1ccccc1O. The molecule has 2 aromatic carbocycles. The van der Waals surface area contributed by atoms with Gasteiger partial charge in [0.2, 0.25) is 5.91 Å². The third kappa shape index (κ3) is 3.29. The van der Waals surface area contributed by atoms with Crippen LogP contribution in [0.25, 0.3) is 0 Å². The maximum Gasteiger partial charge on any atom is 0.227 e. The third-order valence-corrected chi connectivity index (χ3v) is 3.22. The van der Waals surface area contributed by atoms with Crippen LogP contribution >= 0.6 is 0 Å². The van der Waals surface area contributed by atoms with E-state index in [-0.39, 0.29) is 18.1 Å². The summed E-state index contributed by atoms with van der Waals surface area (Å²) in [4.78, 5) is 13.8. The quantitative estimate of drug-likeness (QED) is 0.837. The number of nitrogens with two attached hydrogens (primary N) is 1. The van der Waals surface area contributed by atoms with Gasteiger partial charge in [0.15, 0.2) is 0 Å². The van der Waals surface area contributed by atoms with Crippen LogP contribution in [-0.4, -0.2) is 23.0 Å². The number of phenols is 1. The lowest BCUT2D eigenvalue weighted by Gasteiger charge is -2.18. The topological polar surface area (TPSA) is 66.6 Å². The highest BCUT2D eigenvalue weighted by atomic mass is 16.3. The molecule has 0 aromatic heterocycles. The van der Waals surface area contributed by atoms with Gasteiger partial charge in [-0.1, -0.05) is 36.4 Å². The van der Waals surface area contributed by atoms with Gasteiger partial charge in [0.1, 0.15) is 5.75 Å². The molecule has 0 heterocycles. The van der Waals surface area contributed by atoms with Gasteiger partial charge in [-0.2, -0.15) is 0 Å². The molecule has 0 fully saturated rings. The molecular weight excluding hydrogens is 252 g/mol. The summed E-state index contributed by atoms with van der Waals surface area (Å²) in [6, 6.07) is 14.3. The lowest BCUT2D eigenvalue weighted by molar-refractivity contribution is -0.129. The second-order valence-corrected chi connectivity index (χ2v) is 4.75. The van der Waals surface area contributed by atoms with Crippen LogP contribution in [0.3, 0.4) is 0 Å². The summed E-state index contributed by atoms with van der Waals surface area (Å²) < 4.78 is 0. The maximum atomic E-state index is 12.2. The number of hydrogen-bond acceptors (Lipinski definition) is 3. The number of nitrogen functional groups attached to an aromatic ring is 1. The molecule has 0 radical (unpaired) electrons. The van der Waals surface area contributed by atoms with Crippen LogP contribution in [0.4, 0.5) is 5.69 Å². The molecule has 104 valence electrons. The minimum atomic E-state index is -0.0604. The number of para-hydroxylation sites is 2. The first-order valence-electron chi connectivity index (χ1n) is 6.42. The Bertz CT molecular complexity index is 611. The van der Waals surface area contributed by atoms with Crippen molar-refractivity contribution < 1.29 is 9.90 Å². The van der Waals surface area contributed by atoms with Crippen LogP contribution in [0.2, 0.25) is 0 Å². The van der Waals surface area contributed by atoms with Crippen molar-refractivity contribution in [1.82, 2.24) is 4.90 Å². The number of rotatable bonds is 4. The van der Waals surface area contributed by atoms with Crippen molar-refractivity contribution in [1.29, 1.82) is 0 Å². The highest BCUT2D eigenvalue weighted by Crippen LogP contribution is 2.18. The van der Waals surface area contributed by atoms with Gasteiger partial charge in [-0.15, -0.1) is 0 Å². The zero-order valence-electron chi connectivity index (χ0n) is 11.4. The second kappa shape index (κ2) is 6.10. The minimum absolute atomic E-state index is 0.0604. The predicted molar refractivity (Wildman–Crippen MR) is 79.1 cm³/mol. The van der Waals surface area contributed by atoms with E-state index in [2.05, 4.69) is 0 Å². The van der Waals surface area contributed by atoms with Crippen molar-refractivity contribution >= 4 is 11.6 Å². The van der Waals surface area contributed by atoms with Crippen LogP contribution < -0.4 is 5.73 Å². The van der Waals surface area contributed by atoms with Gasteiger partial charge in [-0.25, -0.2) is 0 Å². The second-order valence-electron chi connectivity index (χ2n) is 4.75. The smallest absolute Gasteiger partial charge is 0.227 e.